The molecule has 1 saturated heterocycles. The topological polar surface area (TPSA) is 43.8 Å². The van der Waals surface area contributed by atoms with Crippen molar-refractivity contribution in [2.45, 2.75) is 94.1 Å². The highest BCUT2D eigenvalue weighted by Gasteiger charge is 2.51. The zero-order chi connectivity index (χ0) is 26.2. The third-order valence-electron chi connectivity index (χ3n) is 8.80. The second kappa shape index (κ2) is 10.4. The Bertz CT molecular complexity index is 1050. The second-order valence-electron chi connectivity index (χ2n) is 11.3. The maximum atomic E-state index is 13.5. The van der Waals surface area contributed by atoms with Crippen LogP contribution in [0.25, 0.3) is 0 Å². The van der Waals surface area contributed by atoms with Crippen LogP contribution in [0.15, 0.2) is 54.6 Å². The summed E-state index contributed by atoms with van der Waals surface area (Å²) in [6.07, 6.45) is 3.91. The number of piperidine rings is 1. The van der Waals surface area contributed by atoms with E-state index in [1.165, 1.54) is 55.5 Å². The third-order valence-corrected chi connectivity index (χ3v) is 8.80. The van der Waals surface area contributed by atoms with Gasteiger partial charge in [0.05, 0.1) is 0 Å². The van der Waals surface area contributed by atoms with E-state index in [4.69, 9.17) is 0 Å². The summed E-state index contributed by atoms with van der Waals surface area (Å²) < 4.78 is 39.6. The molecule has 0 aromatic heterocycles. The van der Waals surface area contributed by atoms with Crippen molar-refractivity contribution in [3.8, 4) is 0 Å². The van der Waals surface area contributed by atoms with E-state index in [9.17, 15) is 23.1 Å². The summed E-state index contributed by atoms with van der Waals surface area (Å²) in [5.74, 6) is 0.548. The molecular formula is C30H37F3N2O2. The first kappa shape index (κ1) is 26.2. The maximum Gasteiger partial charge on any atom is 0.421 e. The van der Waals surface area contributed by atoms with Gasteiger partial charge in [0.15, 0.2) is 5.60 Å². The van der Waals surface area contributed by atoms with E-state index in [2.05, 4.69) is 35.2 Å². The molecule has 1 unspecified atom stereocenters. The van der Waals surface area contributed by atoms with Crippen LogP contribution >= 0.6 is 0 Å². The van der Waals surface area contributed by atoms with Gasteiger partial charge in [-0.1, -0.05) is 42.5 Å². The van der Waals surface area contributed by atoms with Crippen molar-refractivity contribution in [2.75, 3.05) is 13.1 Å². The minimum atomic E-state index is -4.78. The number of hydrogen-bond acceptors (Lipinski definition) is 3. The number of aliphatic hydroxyl groups is 1. The quantitative estimate of drug-likeness (QED) is 0.496. The maximum absolute atomic E-state index is 13.5. The minimum Gasteiger partial charge on any atom is -0.376 e. The van der Waals surface area contributed by atoms with Gasteiger partial charge in [0, 0.05) is 36.8 Å². The van der Waals surface area contributed by atoms with Gasteiger partial charge in [-0.25, -0.2) is 0 Å². The molecule has 2 saturated carbocycles. The molecule has 1 aliphatic heterocycles. The fourth-order valence-corrected chi connectivity index (χ4v) is 6.26. The third kappa shape index (κ3) is 5.58. The number of likely N-dealkylation sites (tertiary alicyclic amines) is 1. The molecular weight excluding hydrogens is 477 g/mol. The Morgan fingerprint density at radius 2 is 1.41 bits per heavy atom. The number of hydrogen-bond donors (Lipinski definition) is 1. The second-order valence-corrected chi connectivity index (χ2v) is 11.3. The Hall–Kier alpha value is -2.38. The van der Waals surface area contributed by atoms with E-state index in [1.54, 1.807) is 0 Å². The van der Waals surface area contributed by atoms with Crippen LogP contribution < -0.4 is 0 Å². The van der Waals surface area contributed by atoms with Crippen molar-refractivity contribution < 1.29 is 23.1 Å². The average molecular weight is 515 g/mol. The van der Waals surface area contributed by atoms with Crippen LogP contribution in [0.2, 0.25) is 0 Å². The Labute approximate surface area is 217 Å². The molecule has 1 heterocycles. The molecule has 3 aliphatic rings. The molecule has 7 heteroatoms. The number of nitrogens with zero attached hydrogens (tertiary/aromatic N) is 2. The van der Waals surface area contributed by atoms with Gasteiger partial charge < -0.3 is 14.9 Å². The van der Waals surface area contributed by atoms with Crippen LogP contribution in [-0.4, -0.2) is 58.2 Å². The predicted molar refractivity (Wildman–Crippen MR) is 137 cm³/mol. The Morgan fingerprint density at radius 3 is 1.95 bits per heavy atom. The lowest BCUT2D eigenvalue weighted by molar-refractivity contribution is -0.258. The molecule has 4 nitrogen and oxygen atoms in total. The highest BCUT2D eigenvalue weighted by Crippen LogP contribution is 2.40. The fourth-order valence-electron chi connectivity index (χ4n) is 6.26. The van der Waals surface area contributed by atoms with Crippen LogP contribution in [0.1, 0.15) is 85.7 Å². The highest BCUT2D eigenvalue weighted by atomic mass is 19.4. The van der Waals surface area contributed by atoms with E-state index in [1.807, 2.05) is 4.90 Å². The molecule has 0 spiro atoms. The summed E-state index contributed by atoms with van der Waals surface area (Å²) >= 11 is 0. The minimum absolute atomic E-state index is 0.109. The van der Waals surface area contributed by atoms with Crippen LogP contribution in [-0.2, 0) is 5.60 Å². The van der Waals surface area contributed by atoms with Crippen LogP contribution in [0.3, 0.4) is 0 Å². The highest BCUT2D eigenvalue weighted by molar-refractivity contribution is 5.95. The first-order valence-corrected chi connectivity index (χ1v) is 13.7. The van der Waals surface area contributed by atoms with Crippen LogP contribution in [0.5, 0.6) is 0 Å². The number of benzene rings is 2. The number of halogens is 3. The standard InChI is InChI=1S/C30H37F3N2O2/c1-29(37,30(31,32)33)24-11-7-23(8-12-24)28(36)35(26-15-16-26)27-17-19-34(20-18-27)25-13-9-22(10-14-25)21-5-3-2-4-6-21/h2-8,11-12,22,25-27,37H,9-10,13-20H2,1H3/t22-,25+,29?. The first-order valence-electron chi connectivity index (χ1n) is 13.7. The van der Waals surface area contributed by atoms with Gasteiger partial charge >= 0.3 is 6.18 Å². The summed E-state index contributed by atoms with van der Waals surface area (Å²) in [6, 6.07) is 17.1. The van der Waals surface area contributed by atoms with Crippen molar-refractivity contribution in [2.24, 2.45) is 0 Å². The number of rotatable bonds is 6. The van der Waals surface area contributed by atoms with Gasteiger partial charge in [-0.2, -0.15) is 13.2 Å². The molecule has 0 radical (unpaired) electrons. The fraction of sp³-hybridized carbons (Fsp3) is 0.567. The zero-order valence-corrected chi connectivity index (χ0v) is 21.5. The average Bonchev–Trinajstić information content (AvgIpc) is 3.74. The van der Waals surface area contributed by atoms with Gasteiger partial charge in [-0.3, -0.25) is 4.79 Å². The van der Waals surface area contributed by atoms with Gasteiger partial charge in [0.2, 0.25) is 0 Å². The lowest BCUT2D eigenvalue weighted by Gasteiger charge is -2.43. The van der Waals surface area contributed by atoms with Gasteiger partial charge in [-0.05, 0) is 87.5 Å². The number of amides is 1. The molecule has 2 aromatic carbocycles. The van der Waals surface area contributed by atoms with Crippen LogP contribution in [0.4, 0.5) is 13.2 Å². The molecule has 3 fully saturated rings. The van der Waals surface area contributed by atoms with Crippen molar-refractivity contribution >= 4 is 5.91 Å². The van der Waals surface area contributed by atoms with Crippen molar-refractivity contribution in [3.63, 3.8) is 0 Å². The van der Waals surface area contributed by atoms with Crippen molar-refractivity contribution in [3.05, 3.63) is 71.3 Å². The molecule has 0 bridgehead atoms. The van der Waals surface area contributed by atoms with E-state index in [0.717, 1.165) is 45.7 Å². The summed E-state index contributed by atoms with van der Waals surface area (Å²) in [5, 5.41) is 9.94. The molecule has 37 heavy (non-hydrogen) atoms. The van der Waals surface area contributed by atoms with E-state index in [0.29, 0.717) is 17.5 Å². The Balaban J connectivity index is 1.18. The summed E-state index contributed by atoms with van der Waals surface area (Å²) in [6.45, 7) is 2.70. The smallest absolute Gasteiger partial charge is 0.376 e. The molecule has 2 aliphatic carbocycles. The normalized spacial score (nSPS) is 25.4. The van der Waals surface area contributed by atoms with E-state index in [-0.39, 0.29) is 23.6 Å². The van der Waals surface area contributed by atoms with Crippen molar-refractivity contribution in [1.82, 2.24) is 9.80 Å². The van der Waals surface area contributed by atoms with E-state index >= 15 is 0 Å². The summed E-state index contributed by atoms with van der Waals surface area (Å²) in [7, 11) is 0. The number of alkyl halides is 3. The molecule has 5 rings (SSSR count). The molecule has 200 valence electrons. The number of carbonyl (C=O) groups excluding carboxylic acids is 1. The zero-order valence-electron chi connectivity index (χ0n) is 21.5. The lowest BCUT2D eigenvalue weighted by atomic mass is 9.81. The van der Waals surface area contributed by atoms with E-state index < -0.39 is 11.8 Å². The first-order chi connectivity index (χ1) is 17.6. The summed E-state index contributed by atoms with van der Waals surface area (Å²) in [5.41, 5.74) is -1.37. The van der Waals surface area contributed by atoms with Crippen LogP contribution in [0, 0.1) is 0 Å². The SMILES string of the molecule is CC(O)(c1ccc(C(=O)N(C2CC2)C2CCN([C@H]3CC[C@@H](c4ccccc4)CC3)CC2)cc1)C(F)(F)F. The predicted octanol–water partition coefficient (Wildman–Crippen LogP) is 6.25. The molecule has 1 atom stereocenters. The number of carbonyl (C=O) groups is 1. The van der Waals surface area contributed by atoms with Gasteiger partial charge in [0.25, 0.3) is 5.91 Å². The van der Waals surface area contributed by atoms with Crippen molar-refractivity contribution in [1.29, 1.82) is 0 Å². The van der Waals surface area contributed by atoms with Gasteiger partial charge in [0.1, 0.15) is 0 Å². The van der Waals surface area contributed by atoms with Gasteiger partial charge in [-0.15, -0.1) is 0 Å². The lowest BCUT2D eigenvalue weighted by Crippen LogP contribution is -2.51. The molecule has 1 N–H and O–H groups in total. The summed E-state index contributed by atoms with van der Waals surface area (Å²) in [4.78, 5) is 18.1. The largest absolute Gasteiger partial charge is 0.421 e. The Morgan fingerprint density at radius 1 is 0.838 bits per heavy atom. The molecule has 2 aromatic rings. The monoisotopic (exact) mass is 514 g/mol. The molecule has 1 amide bonds. The Kier molecular flexibility index (Phi) is 7.38.